The van der Waals surface area contributed by atoms with Gasteiger partial charge in [0.15, 0.2) is 0 Å². The molecule has 0 atom stereocenters. The first kappa shape index (κ1) is 33.6. The third-order valence-electron chi connectivity index (χ3n) is 3.82. The fraction of sp³-hybridized carbons (Fsp3) is 0.769. The van der Waals surface area contributed by atoms with Gasteiger partial charge in [0, 0.05) is 14.2 Å². The number of Topliss-reactive ketones (excluding diaryl/α,β-unsaturated/α-hetero) is 2. The Morgan fingerprint density at radius 1 is 0.636 bits per heavy atom. The standard InChI is InChI=1S/C13H9F13O6.Li/c1-31-7(32-2,6(29)30)4(27)3-5(28)8(14,15)9(16,17)10(18,19)11(20,21)12(22,23)13(24,25)26;/h3H2,1-2H3,(H,29,30);/q;+1/p-1. The number of methoxy groups -OCH3 is 2. The summed E-state index contributed by atoms with van der Waals surface area (Å²) in [5, 5.41) is 10.8. The number of carbonyl (C=O) groups is 3. The number of ether oxygens (including phenoxy) is 2. The van der Waals surface area contributed by atoms with Crippen LogP contribution < -0.4 is 24.0 Å². The van der Waals surface area contributed by atoms with Gasteiger partial charge in [-0.3, -0.25) is 9.59 Å². The second-order valence-electron chi connectivity index (χ2n) is 5.71. The third-order valence-corrected chi connectivity index (χ3v) is 3.82. The number of hydrogen-bond acceptors (Lipinski definition) is 6. The fourth-order valence-corrected chi connectivity index (χ4v) is 1.91. The molecule has 0 saturated heterocycles. The van der Waals surface area contributed by atoms with Crippen LogP contribution in [0, 0.1) is 0 Å². The van der Waals surface area contributed by atoms with Crippen LogP contribution in [0.25, 0.3) is 0 Å². The summed E-state index contributed by atoms with van der Waals surface area (Å²) in [4.78, 5) is 33.7. The number of hydrogen-bond donors (Lipinski definition) is 0. The molecule has 0 aromatic rings. The van der Waals surface area contributed by atoms with Crippen molar-refractivity contribution in [3.8, 4) is 0 Å². The molecule has 188 valence electrons. The maximum absolute atomic E-state index is 13.6. The Bertz CT molecular complexity index is 760. The molecule has 0 unspecified atom stereocenters. The first-order valence-electron chi connectivity index (χ1n) is 7.21. The molecule has 0 aromatic carbocycles. The monoisotopic (exact) mass is 514 g/mol. The molecule has 0 heterocycles. The number of carboxylic acid groups (broad SMARTS) is 1. The molecular formula is C13H8F13LiO6. The number of carboxylic acids is 1. The number of halogens is 13. The van der Waals surface area contributed by atoms with Crippen LogP contribution in [-0.4, -0.2) is 73.3 Å². The van der Waals surface area contributed by atoms with E-state index in [1.54, 1.807) is 0 Å². The summed E-state index contributed by atoms with van der Waals surface area (Å²) in [5.41, 5.74) is 0. The molecule has 0 saturated carbocycles. The van der Waals surface area contributed by atoms with Crippen LogP contribution in [0.5, 0.6) is 0 Å². The topological polar surface area (TPSA) is 92.7 Å². The second kappa shape index (κ2) is 9.58. The van der Waals surface area contributed by atoms with Crippen LogP contribution in [0.2, 0.25) is 0 Å². The van der Waals surface area contributed by atoms with Gasteiger partial charge in [-0.1, -0.05) is 0 Å². The second-order valence-corrected chi connectivity index (χ2v) is 5.71. The Balaban J connectivity index is 0. The summed E-state index contributed by atoms with van der Waals surface area (Å²) < 4.78 is 176. The Kier molecular flexibility index (Phi) is 9.75. The van der Waals surface area contributed by atoms with Crippen LogP contribution in [-0.2, 0) is 23.9 Å². The molecule has 0 aromatic heterocycles. The summed E-state index contributed by atoms with van der Waals surface area (Å²) in [6.07, 6.45) is -10.5. The van der Waals surface area contributed by atoms with Crippen LogP contribution in [0.4, 0.5) is 57.1 Å². The average Bonchev–Trinajstić information content (AvgIpc) is 2.61. The predicted octanol–water partition coefficient (Wildman–Crippen LogP) is -1.00. The molecule has 0 radical (unpaired) electrons. The molecule has 0 aliphatic heterocycles. The van der Waals surface area contributed by atoms with Crippen molar-refractivity contribution in [2.45, 2.75) is 48.0 Å². The zero-order valence-electron chi connectivity index (χ0n) is 16.1. The van der Waals surface area contributed by atoms with Crippen molar-refractivity contribution in [1.82, 2.24) is 0 Å². The van der Waals surface area contributed by atoms with Crippen molar-refractivity contribution in [3.05, 3.63) is 0 Å². The zero-order chi connectivity index (χ0) is 26.4. The molecule has 20 heteroatoms. The van der Waals surface area contributed by atoms with Crippen LogP contribution in [0.15, 0.2) is 0 Å². The largest absolute Gasteiger partial charge is 1.00 e. The van der Waals surface area contributed by atoms with E-state index in [0.29, 0.717) is 14.2 Å². The van der Waals surface area contributed by atoms with E-state index < -0.39 is 65.5 Å². The van der Waals surface area contributed by atoms with E-state index >= 15 is 0 Å². The van der Waals surface area contributed by atoms with Gasteiger partial charge in [0.05, 0.1) is 6.42 Å². The summed E-state index contributed by atoms with van der Waals surface area (Å²) in [6, 6.07) is 0. The van der Waals surface area contributed by atoms with Gasteiger partial charge in [-0.05, 0) is 0 Å². The Morgan fingerprint density at radius 3 is 1.24 bits per heavy atom. The molecule has 33 heavy (non-hydrogen) atoms. The van der Waals surface area contributed by atoms with Crippen molar-refractivity contribution >= 4 is 17.5 Å². The number of rotatable bonds is 11. The molecule has 0 aliphatic rings. The number of ketones is 2. The van der Waals surface area contributed by atoms with Crippen LogP contribution in [0.3, 0.4) is 0 Å². The molecule has 0 N–H and O–H groups in total. The summed E-state index contributed by atoms with van der Waals surface area (Å²) in [5.74, 6) is -52.6. The minimum Gasteiger partial charge on any atom is -0.544 e. The van der Waals surface area contributed by atoms with Gasteiger partial charge in [-0.25, -0.2) is 0 Å². The quantitative estimate of drug-likeness (QED) is 0.152. The minimum atomic E-state index is -8.25. The summed E-state index contributed by atoms with van der Waals surface area (Å²) >= 11 is 0. The van der Waals surface area contributed by atoms with Gasteiger partial charge in [-0.15, -0.1) is 0 Å². The average molecular weight is 514 g/mol. The number of alkyl halides is 13. The summed E-state index contributed by atoms with van der Waals surface area (Å²) in [7, 11) is 0.588. The Labute approximate surface area is 185 Å². The number of carbonyl (C=O) groups excluding carboxylic acids is 3. The number of aliphatic carboxylic acids is 1. The van der Waals surface area contributed by atoms with E-state index in [1.807, 2.05) is 0 Å². The molecule has 0 spiro atoms. The molecule has 0 amide bonds. The van der Waals surface area contributed by atoms with Gasteiger partial charge >= 0.3 is 54.6 Å². The SMILES string of the molecule is COC(OC)(C(=O)[O-])C(=O)CC(=O)C(F)(F)C(F)(F)C(F)(F)C(F)(F)C(F)(F)C(F)(F)F.[Li+]. The van der Waals surface area contributed by atoms with Crippen molar-refractivity contribution in [2.24, 2.45) is 0 Å². The smallest absolute Gasteiger partial charge is 0.544 e. The fourth-order valence-electron chi connectivity index (χ4n) is 1.91. The van der Waals surface area contributed by atoms with E-state index in [-0.39, 0.29) is 18.9 Å². The molecule has 6 nitrogen and oxygen atoms in total. The Hall–Kier alpha value is -1.58. The van der Waals surface area contributed by atoms with Gasteiger partial charge in [0.2, 0.25) is 11.6 Å². The predicted molar refractivity (Wildman–Crippen MR) is 67.2 cm³/mol. The van der Waals surface area contributed by atoms with Gasteiger partial charge in [0.1, 0.15) is 5.97 Å². The normalized spacial score (nSPS) is 14.5. The molecule has 0 fully saturated rings. The Morgan fingerprint density at radius 2 is 0.970 bits per heavy atom. The van der Waals surface area contributed by atoms with E-state index in [2.05, 4.69) is 9.47 Å². The maximum Gasteiger partial charge on any atom is 1.00 e. The van der Waals surface area contributed by atoms with Gasteiger partial charge < -0.3 is 19.4 Å². The minimum absolute atomic E-state index is 0. The first-order chi connectivity index (χ1) is 13.9. The molecular weight excluding hydrogens is 506 g/mol. The van der Waals surface area contributed by atoms with Crippen molar-refractivity contribution in [3.63, 3.8) is 0 Å². The first-order valence-corrected chi connectivity index (χ1v) is 7.21. The van der Waals surface area contributed by atoms with E-state index in [9.17, 15) is 76.6 Å². The third kappa shape index (κ3) is 4.82. The molecule has 0 aliphatic carbocycles. The van der Waals surface area contributed by atoms with E-state index in [0.717, 1.165) is 0 Å². The molecule has 0 rings (SSSR count). The van der Waals surface area contributed by atoms with Crippen molar-refractivity contribution in [2.75, 3.05) is 14.2 Å². The van der Waals surface area contributed by atoms with Crippen LogP contribution in [0.1, 0.15) is 6.42 Å². The van der Waals surface area contributed by atoms with Crippen molar-refractivity contribution in [1.29, 1.82) is 0 Å². The maximum atomic E-state index is 13.6. The van der Waals surface area contributed by atoms with Crippen molar-refractivity contribution < 1.29 is 105 Å². The van der Waals surface area contributed by atoms with E-state index in [1.165, 1.54) is 0 Å². The van der Waals surface area contributed by atoms with E-state index in [4.69, 9.17) is 0 Å². The van der Waals surface area contributed by atoms with Gasteiger partial charge in [0.25, 0.3) is 5.79 Å². The van der Waals surface area contributed by atoms with Crippen LogP contribution >= 0.6 is 0 Å². The van der Waals surface area contributed by atoms with Gasteiger partial charge in [-0.2, -0.15) is 57.1 Å². The summed E-state index contributed by atoms with van der Waals surface area (Å²) in [6.45, 7) is 0. The molecule has 0 bridgehead atoms. The zero-order valence-corrected chi connectivity index (χ0v) is 16.1.